The fraction of sp³-hybridized carbons (Fsp3) is 0.419. The van der Waals surface area contributed by atoms with E-state index in [2.05, 4.69) is 5.32 Å². The molecule has 0 spiro atoms. The second kappa shape index (κ2) is 19.9. The molecular weight excluding hydrogens is 887 g/mol. The molecule has 23 heteroatoms. The Balaban J connectivity index is 1.04. The number of benzene rings is 3. The molecule has 4 heterocycles. The number of esters is 1. The molecule has 0 aliphatic carbocycles. The van der Waals surface area contributed by atoms with Gasteiger partial charge in [0.2, 0.25) is 11.8 Å². The number of alkyl carbamates (subject to hydrolysis) is 1. The van der Waals surface area contributed by atoms with E-state index in [1.807, 2.05) is 6.92 Å². The highest BCUT2D eigenvalue weighted by molar-refractivity contribution is 8.03. The maximum Gasteiger partial charge on any atom is 0.410 e. The summed E-state index contributed by atoms with van der Waals surface area (Å²) in [6.45, 7) is 3.24. The number of nitro benzene ring substituents is 3. The molecule has 4 amide bonds. The Hall–Kier alpha value is -7.14. The number of nitrogens with one attached hydrogen (secondary N) is 1. The summed E-state index contributed by atoms with van der Waals surface area (Å²) in [6, 6.07) is 14.8. The summed E-state index contributed by atoms with van der Waals surface area (Å²) in [5.74, 6) is -2.80. The number of thioether (sulfide) groups is 1. The van der Waals surface area contributed by atoms with Crippen LogP contribution < -0.4 is 5.32 Å². The number of nitro groups is 3. The van der Waals surface area contributed by atoms with Gasteiger partial charge in [0.15, 0.2) is 0 Å². The minimum atomic E-state index is -1.01. The predicted octanol–water partition coefficient (Wildman–Crippen LogP) is 4.95. The van der Waals surface area contributed by atoms with E-state index in [0.29, 0.717) is 34.6 Å². The van der Waals surface area contributed by atoms with E-state index in [4.69, 9.17) is 14.2 Å². The molecule has 4 aliphatic rings. The van der Waals surface area contributed by atoms with E-state index < -0.39 is 80.1 Å². The normalized spacial score (nSPS) is 22.6. The zero-order chi connectivity index (χ0) is 47.4. The van der Waals surface area contributed by atoms with Gasteiger partial charge in [-0.15, -0.1) is 11.8 Å². The second-order valence-corrected chi connectivity index (χ2v) is 17.7. The van der Waals surface area contributed by atoms with Gasteiger partial charge >= 0.3 is 18.2 Å². The smallest absolute Gasteiger partial charge is 0.410 e. The molecule has 3 aromatic rings. The Kier molecular flexibility index (Phi) is 14.2. The van der Waals surface area contributed by atoms with Crippen LogP contribution in [0, 0.1) is 42.2 Å². The standard InChI is InChI=1S/C43H45N7O15S/c1-24-37-36(25(2)51)40(53)47(37)38(41(54)63-21-26-3-9-30(10-4-26)48(57)58)39(24)66-34-17-33(46(20-34)43(56)65-23-28-7-13-32(14-8-28)50(61)62)18-35(52)45-16-15-29(19-45)44-42(55)64-22-27-5-11-31(12-6-27)49(59)60/h3-14,24-25,29,33-34,36-37,51H,15-23H2,1-2H3,(H,44,55)/t24-,25-,29+,33+,34+,36-,37+/m1/s1. The number of likely N-dealkylation sites (tertiary alicyclic amines) is 2. The minimum absolute atomic E-state index is 0.00462. The number of aliphatic hydroxyl groups excluding tert-OH is 1. The fourth-order valence-electron chi connectivity index (χ4n) is 8.60. The Morgan fingerprint density at radius 1 is 0.803 bits per heavy atom. The number of amides is 4. The Morgan fingerprint density at radius 2 is 1.32 bits per heavy atom. The number of β-lactam (4-membered cyclic amide) rings is 1. The Labute approximate surface area is 380 Å². The van der Waals surface area contributed by atoms with Crippen molar-refractivity contribution < 1.29 is 58.1 Å². The van der Waals surface area contributed by atoms with Crippen LogP contribution in [0.4, 0.5) is 26.7 Å². The first-order valence-electron chi connectivity index (χ1n) is 20.9. The monoisotopic (exact) mass is 931 g/mol. The molecule has 0 unspecified atom stereocenters. The molecule has 0 radical (unpaired) electrons. The number of hydrogen-bond donors (Lipinski definition) is 2. The quantitative estimate of drug-likeness (QED) is 0.0631. The average molecular weight is 932 g/mol. The average Bonchev–Trinajstić information content (AvgIpc) is 3.99. The largest absolute Gasteiger partial charge is 0.456 e. The highest BCUT2D eigenvalue weighted by Gasteiger charge is 2.60. The number of non-ortho nitro benzene ring substituents is 3. The van der Waals surface area contributed by atoms with Crippen molar-refractivity contribution in [2.45, 2.75) is 82.4 Å². The molecule has 7 atom stereocenters. The van der Waals surface area contributed by atoms with Gasteiger partial charge in [0.05, 0.1) is 38.9 Å². The topological polar surface area (TPSA) is 284 Å². The fourth-order valence-corrected chi connectivity index (χ4v) is 10.2. The van der Waals surface area contributed by atoms with Gasteiger partial charge < -0.3 is 39.3 Å². The van der Waals surface area contributed by atoms with Crippen LogP contribution in [0.2, 0.25) is 0 Å². The van der Waals surface area contributed by atoms with E-state index >= 15 is 0 Å². The third kappa shape index (κ3) is 10.4. The SMILES string of the molecule is C[C@@H](O)[C@H]1C(=O)N2C(C(=O)OCc3ccc([N+](=O)[O-])cc3)=C(S[C@H]3C[C@@H](CC(=O)N4CC[C@H](NC(=O)OCc5ccc([N+](=O)[O-])cc5)C4)N(C(=O)OCc4ccc([N+](=O)[O-])cc4)C3)[C@H](C)[C@@H]12. The highest BCUT2D eigenvalue weighted by atomic mass is 32.2. The van der Waals surface area contributed by atoms with Crippen LogP contribution in [-0.2, 0) is 48.4 Å². The highest BCUT2D eigenvalue weighted by Crippen LogP contribution is 2.52. The van der Waals surface area contributed by atoms with Gasteiger partial charge in [-0.25, -0.2) is 14.4 Å². The number of aliphatic hydroxyl groups is 1. The molecular formula is C43H45N7O15S. The molecule has 3 saturated heterocycles. The van der Waals surface area contributed by atoms with Gasteiger partial charge in [-0.1, -0.05) is 6.92 Å². The first-order chi connectivity index (χ1) is 31.5. The summed E-state index contributed by atoms with van der Waals surface area (Å²) in [5, 5.41) is 46.1. The number of hydrogen-bond acceptors (Lipinski definition) is 16. The molecule has 22 nitrogen and oxygen atoms in total. The predicted molar refractivity (Wildman–Crippen MR) is 231 cm³/mol. The zero-order valence-electron chi connectivity index (χ0n) is 35.6. The van der Waals surface area contributed by atoms with Crippen molar-refractivity contribution in [1.29, 1.82) is 0 Å². The van der Waals surface area contributed by atoms with Gasteiger partial charge in [0.25, 0.3) is 17.1 Å². The van der Waals surface area contributed by atoms with Crippen LogP contribution in [0.5, 0.6) is 0 Å². The van der Waals surface area contributed by atoms with Crippen molar-refractivity contribution in [3.8, 4) is 0 Å². The van der Waals surface area contributed by atoms with Crippen molar-refractivity contribution in [3.63, 3.8) is 0 Å². The van der Waals surface area contributed by atoms with Crippen molar-refractivity contribution >= 4 is 58.8 Å². The maximum absolute atomic E-state index is 13.9. The van der Waals surface area contributed by atoms with Crippen LogP contribution in [0.1, 0.15) is 49.8 Å². The molecule has 66 heavy (non-hydrogen) atoms. The maximum atomic E-state index is 13.9. The minimum Gasteiger partial charge on any atom is -0.456 e. The number of ether oxygens (including phenoxy) is 3. The first kappa shape index (κ1) is 46.8. The molecule has 7 rings (SSSR count). The van der Waals surface area contributed by atoms with Crippen molar-refractivity contribution in [3.05, 3.63) is 130 Å². The van der Waals surface area contributed by atoms with Crippen LogP contribution in [0.25, 0.3) is 0 Å². The molecule has 3 fully saturated rings. The molecule has 348 valence electrons. The molecule has 0 aromatic heterocycles. The van der Waals surface area contributed by atoms with E-state index in [1.54, 1.807) is 4.90 Å². The molecule has 4 aliphatic heterocycles. The van der Waals surface area contributed by atoms with Gasteiger partial charge in [-0.3, -0.25) is 39.9 Å². The third-order valence-electron chi connectivity index (χ3n) is 12.0. The number of nitrogens with zero attached hydrogens (tertiary/aromatic N) is 6. The van der Waals surface area contributed by atoms with Crippen molar-refractivity contribution in [2.75, 3.05) is 19.6 Å². The van der Waals surface area contributed by atoms with Gasteiger partial charge in [0, 0.05) is 84.6 Å². The molecule has 0 bridgehead atoms. The van der Waals surface area contributed by atoms with Gasteiger partial charge in [-0.2, -0.15) is 0 Å². The molecule has 2 N–H and O–H groups in total. The van der Waals surface area contributed by atoms with Crippen LogP contribution in [0.15, 0.2) is 83.4 Å². The van der Waals surface area contributed by atoms with Crippen molar-refractivity contribution in [2.24, 2.45) is 11.8 Å². The summed E-state index contributed by atoms with van der Waals surface area (Å²) >= 11 is 1.26. The van der Waals surface area contributed by atoms with Gasteiger partial charge in [-0.05, 0) is 72.9 Å². The van der Waals surface area contributed by atoms with Crippen molar-refractivity contribution in [1.82, 2.24) is 20.0 Å². The van der Waals surface area contributed by atoms with E-state index in [-0.39, 0.29) is 74.4 Å². The lowest BCUT2D eigenvalue weighted by atomic mass is 9.79. The summed E-state index contributed by atoms with van der Waals surface area (Å²) < 4.78 is 16.6. The number of fused-ring (bicyclic) bond motifs is 1. The Bertz CT molecular complexity index is 2430. The lowest BCUT2D eigenvalue weighted by Crippen LogP contribution is -2.63. The van der Waals surface area contributed by atoms with Gasteiger partial charge in [0.1, 0.15) is 25.5 Å². The van der Waals surface area contributed by atoms with Crippen LogP contribution in [0.3, 0.4) is 0 Å². The summed E-state index contributed by atoms with van der Waals surface area (Å²) in [6.07, 6.45) is -1.96. The summed E-state index contributed by atoms with van der Waals surface area (Å²) in [7, 11) is 0. The lowest BCUT2D eigenvalue weighted by molar-refractivity contribution is -0.385. The van der Waals surface area contributed by atoms with E-state index in [0.717, 1.165) is 0 Å². The first-order valence-corrected chi connectivity index (χ1v) is 21.8. The number of carbonyl (C=O) groups is 5. The lowest BCUT2D eigenvalue weighted by Gasteiger charge is -2.46. The second-order valence-electron chi connectivity index (χ2n) is 16.4. The van der Waals surface area contributed by atoms with E-state index in [1.165, 1.54) is 101 Å². The summed E-state index contributed by atoms with van der Waals surface area (Å²) in [4.78, 5) is 104. The zero-order valence-corrected chi connectivity index (χ0v) is 36.4. The molecule has 3 aromatic carbocycles. The Morgan fingerprint density at radius 3 is 1.83 bits per heavy atom. The molecule has 0 saturated carbocycles. The van der Waals surface area contributed by atoms with E-state index in [9.17, 15) is 59.4 Å². The van der Waals surface area contributed by atoms with Crippen LogP contribution >= 0.6 is 11.8 Å². The number of rotatable bonds is 16. The third-order valence-corrected chi connectivity index (χ3v) is 13.5. The number of carbonyl (C=O) groups excluding carboxylic acids is 5. The summed E-state index contributed by atoms with van der Waals surface area (Å²) in [5.41, 5.74) is 1.10. The van der Waals surface area contributed by atoms with Crippen LogP contribution in [-0.4, -0.2) is 114 Å².